The summed E-state index contributed by atoms with van der Waals surface area (Å²) in [7, 11) is 0. The highest BCUT2D eigenvalue weighted by atomic mass is 19.1. The van der Waals surface area contributed by atoms with E-state index in [9.17, 15) is 9.18 Å². The van der Waals surface area contributed by atoms with E-state index in [0.29, 0.717) is 12.3 Å². The molecule has 0 fully saturated rings. The quantitative estimate of drug-likeness (QED) is 0.786. The van der Waals surface area contributed by atoms with Crippen molar-refractivity contribution in [3.8, 4) is 0 Å². The van der Waals surface area contributed by atoms with Crippen molar-refractivity contribution < 1.29 is 18.7 Å². The first kappa shape index (κ1) is 11.5. The zero-order valence-electron chi connectivity index (χ0n) is 9.84. The first-order valence-electron chi connectivity index (χ1n) is 5.70. The van der Waals surface area contributed by atoms with Crippen LogP contribution in [0.4, 0.5) is 4.39 Å². The smallest absolute Gasteiger partial charge is 0.371 e. The number of carbonyl (C=O) groups is 1. The SMILES string of the molecule is O=C(O)c1ccc(Cn2ccc3ccc(F)cc32)o1. The molecule has 5 heteroatoms. The molecule has 19 heavy (non-hydrogen) atoms. The van der Waals surface area contributed by atoms with Crippen LogP contribution in [0, 0.1) is 5.82 Å². The van der Waals surface area contributed by atoms with Crippen LogP contribution in [0.5, 0.6) is 0 Å². The molecule has 0 amide bonds. The zero-order valence-corrected chi connectivity index (χ0v) is 9.84. The van der Waals surface area contributed by atoms with E-state index in [1.165, 1.54) is 18.2 Å². The summed E-state index contributed by atoms with van der Waals surface area (Å²) >= 11 is 0. The molecular formula is C14H10FNO3. The molecule has 1 aromatic carbocycles. The van der Waals surface area contributed by atoms with Crippen LogP contribution in [0.3, 0.4) is 0 Å². The number of nitrogens with zero attached hydrogens (tertiary/aromatic N) is 1. The van der Waals surface area contributed by atoms with Crippen LogP contribution in [0.1, 0.15) is 16.3 Å². The van der Waals surface area contributed by atoms with Crippen LogP contribution in [0.25, 0.3) is 10.9 Å². The lowest BCUT2D eigenvalue weighted by Gasteiger charge is -2.02. The third-order valence-corrected chi connectivity index (χ3v) is 2.93. The number of hydrogen-bond donors (Lipinski definition) is 1. The minimum atomic E-state index is -1.10. The standard InChI is InChI=1S/C14H10FNO3/c15-10-2-1-9-5-6-16(12(9)7-10)8-11-3-4-13(19-11)14(17)18/h1-7H,8H2,(H,17,18). The number of fused-ring (bicyclic) bond motifs is 1. The van der Waals surface area contributed by atoms with Gasteiger partial charge >= 0.3 is 5.97 Å². The maximum atomic E-state index is 13.2. The molecule has 0 aliphatic heterocycles. The lowest BCUT2D eigenvalue weighted by Crippen LogP contribution is -1.97. The third-order valence-electron chi connectivity index (χ3n) is 2.93. The average molecular weight is 259 g/mol. The van der Waals surface area contributed by atoms with Crippen molar-refractivity contribution in [2.45, 2.75) is 6.54 Å². The second-order valence-electron chi connectivity index (χ2n) is 4.22. The number of rotatable bonds is 3. The molecule has 2 heterocycles. The Kier molecular flexibility index (Phi) is 2.59. The molecule has 0 saturated carbocycles. The summed E-state index contributed by atoms with van der Waals surface area (Å²) in [5.41, 5.74) is 0.744. The van der Waals surface area contributed by atoms with Crippen molar-refractivity contribution in [2.24, 2.45) is 0 Å². The number of benzene rings is 1. The Bertz CT molecular complexity index is 757. The van der Waals surface area contributed by atoms with E-state index < -0.39 is 5.97 Å². The molecule has 0 atom stereocenters. The molecule has 2 aromatic heterocycles. The summed E-state index contributed by atoms with van der Waals surface area (Å²) in [6.07, 6.45) is 1.81. The predicted octanol–water partition coefficient (Wildman–Crippen LogP) is 3.12. The van der Waals surface area contributed by atoms with Crippen molar-refractivity contribution in [1.29, 1.82) is 0 Å². The highest BCUT2D eigenvalue weighted by Gasteiger charge is 2.10. The highest BCUT2D eigenvalue weighted by Crippen LogP contribution is 2.19. The lowest BCUT2D eigenvalue weighted by atomic mass is 10.2. The van der Waals surface area contributed by atoms with Crippen LogP contribution in [0.2, 0.25) is 0 Å². The van der Waals surface area contributed by atoms with Crippen LogP contribution in [0.15, 0.2) is 47.0 Å². The Labute approximate surface area is 107 Å². The van der Waals surface area contributed by atoms with E-state index in [-0.39, 0.29) is 11.6 Å². The Hall–Kier alpha value is -2.56. The molecule has 3 aromatic rings. The summed E-state index contributed by atoms with van der Waals surface area (Å²) in [4.78, 5) is 10.7. The van der Waals surface area contributed by atoms with Gasteiger partial charge in [0, 0.05) is 6.20 Å². The molecule has 0 bridgehead atoms. The fourth-order valence-electron chi connectivity index (χ4n) is 2.04. The maximum absolute atomic E-state index is 13.2. The number of carboxylic acid groups (broad SMARTS) is 1. The molecule has 0 saturated heterocycles. The first-order chi connectivity index (χ1) is 9.13. The molecule has 0 spiro atoms. The van der Waals surface area contributed by atoms with Gasteiger partial charge in [-0.15, -0.1) is 0 Å². The third kappa shape index (κ3) is 2.10. The van der Waals surface area contributed by atoms with Gasteiger partial charge in [-0.05, 0) is 41.8 Å². The second-order valence-corrected chi connectivity index (χ2v) is 4.22. The van der Waals surface area contributed by atoms with Gasteiger partial charge in [-0.2, -0.15) is 0 Å². The van der Waals surface area contributed by atoms with Gasteiger partial charge < -0.3 is 14.1 Å². The van der Waals surface area contributed by atoms with E-state index in [4.69, 9.17) is 9.52 Å². The number of halogens is 1. The molecular weight excluding hydrogens is 249 g/mol. The Morgan fingerprint density at radius 3 is 2.84 bits per heavy atom. The van der Waals surface area contributed by atoms with Crippen molar-refractivity contribution in [2.75, 3.05) is 0 Å². The van der Waals surface area contributed by atoms with Crippen LogP contribution >= 0.6 is 0 Å². The van der Waals surface area contributed by atoms with E-state index in [0.717, 1.165) is 10.9 Å². The van der Waals surface area contributed by atoms with Gasteiger partial charge in [-0.1, -0.05) is 0 Å². The van der Waals surface area contributed by atoms with Crippen LogP contribution in [-0.2, 0) is 6.54 Å². The van der Waals surface area contributed by atoms with Crippen LogP contribution < -0.4 is 0 Å². The topological polar surface area (TPSA) is 55.4 Å². The Morgan fingerprint density at radius 2 is 2.11 bits per heavy atom. The van der Waals surface area contributed by atoms with Gasteiger partial charge in [0.2, 0.25) is 5.76 Å². The number of aromatic carboxylic acids is 1. The number of furan rings is 1. The molecule has 3 rings (SSSR count). The molecule has 4 nitrogen and oxygen atoms in total. The Morgan fingerprint density at radius 1 is 1.26 bits per heavy atom. The number of carboxylic acids is 1. The van der Waals surface area contributed by atoms with Crippen molar-refractivity contribution in [3.63, 3.8) is 0 Å². The van der Waals surface area contributed by atoms with Gasteiger partial charge in [-0.3, -0.25) is 0 Å². The van der Waals surface area contributed by atoms with E-state index in [2.05, 4.69) is 0 Å². The monoisotopic (exact) mass is 259 g/mol. The van der Waals surface area contributed by atoms with E-state index in [1.807, 2.05) is 16.8 Å². The van der Waals surface area contributed by atoms with Gasteiger partial charge in [0.1, 0.15) is 11.6 Å². The molecule has 0 unspecified atom stereocenters. The summed E-state index contributed by atoms with van der Waals surface area (Å²) in [6, 6.07) is 9.43. The maximum Gasteiger partial charge on any atom is 0.371 e. The van der Waals surface area contributed by atoms with Gasteiger partial charge in [0.25, 0.3) is 0 Å². The average Bonchev–Trinajstić information content (AvgIpc) is 2.98. The summed E-state index contributed by atoms with van der Waals surface area (Å²) in [5.74, 6) is -0.996. The summed E-state index contributed by atoms with van der Waals surface area (Å²) < 4.78 is 20.2. The fourth-order valence-corrected chi connectivity index (χ4v) is 2.04. The van der Waals surface area contributed by atoms with Gasteiger partial charge in [0.15, 0.2) is 0 Å². The Balaban J connectivity index is 1.96. The zero-order chi connectivity index (χ0) is 13.4. The molecule has 1 N–H and O–H groups in total. The second kappa shape index (κ2) is 4.28. The lowest BCUT2D eigenvalue weighted by molar-refractivity contribution is 0.0660. The minimum absolute atomic E-state index is 0.0994. The predicted molar refractivity (Wildman–Crippen MR) is 66.7 cm³/mol. The van der Waals surface area contributed by atoms with E-state index in [1.54, 1.807) is 12.1 Å². The van der Waals surface area contributed by atoms with Crippen molar-refractivity contribution in [3.05, 3.63) is 59.9 Å². The highest BCUT2D eigenvalue weighted by molar-refractivity contribution is 5.84. The molecule has 0 aliphatic rings. The van der Waals surface area contributed by atoms with E-state index >= 15 is 0 Å². The first-order valence-corrected chi connectivity index (χ1v) is 5.70. The fraction of sp³-hybridized carbons (Fsp3) is 0.0714. The molecule has 0 aliphatic carbocycles. The van der Waals surface area contributed by atoms with Crippen LogP contribution in [-0.4, -0.2) is 15.6 Å². The number of hydrogen-bond acceptors (Lipinski definition) is 2. The van der Waals surface area contributed by atoms with Gasteiger partial charge in [0.05, 0.1) is 12.1 Å². The normalized spacial score (nSPS) is 11.0. The number of aromatic nitrogens is 1. The summed E-state index contributed by atoms with van der Waals surface area (Å²) in [6.45, 7) is 0.361. The minimum Gasteiger partial charge on any atom is -0.475 e. The van der Waals surface area contributed by atoms with Crippen molar-refractivity contribution in [1.82, 2.24) is 4.57 Å². The largest absolute Gasteiger partial charge is 0.475 e. The molecule has 96 valence electrons. The van der Waals surface area contributed by atoms with Gasteiger partial charge in [-0.25, -0.2) is 9.18 Å². The summed E-state index contributed by atoms with van der Waals surface area (Å²) in [5, 5.41) is 9.70. The molecule has 0 radical (unpaired) electrons. The van der Waals surface area contributed by atoms with Crippen molar-refractivity contribution >= 4 is 16.9 Å².